The molecule has 0 heterocycles. The van der Waals surface area contributed by atoms with Crippen LogP contribution in [0.15, 0.2) is 0 Å². The molecule has 0 aromatic heterocycles. The van der Waals surface area contributed by atoms with Gasteiger partial charge >= 0.3 is 5.97 Å². The van der Waals surface area contributed by atoms with Gasteiger partial charge in [0.05, 0.1) is 33.7 Å². The summed E-state index contributed by atoms with van der Waals surface area (Å²) in [5.74, 6) is -0.795. The van der Waals surface area contributed by atoms with Crippen molar-refractivity contribution < 1.29 is 19.1 Å². The number of carboxylic acids is 1. The molecule has 0 spiro atoms. The molecule has 15 heavy (non-hydrogen) atoms. The fourth-order valence-electron chi connectivity index (χ4n) is 1.39. The Balaban J connectivity index is 4.24. The normalized spacial score (nSPS) is 16.1. The highest BCUT2D eigenvalue weighted by Gasteiger charge is 2.23. The third-order valence-corrected chi connectivity index (χ3v) is 2.15. The number of hydrogen-bond acceptors (Lipinski definition) is 2. The summed E-state index contributed by atoms with van der Waals surface area (Å²) in [5.41, 5.74) is 0. The zero-order valence-corrected chi connectivity index (χ0v) is 10.5. The number of aliphatic carboxylic acids is 1. The van der Waals surface area contributed by atoms with Crippen LogP contribution in [0.3, 0.4) is 0 Å². The lowest BCUT2D eigenvalue weighted by atomic mass is 10.2. The highest BCUT2D eigenvalue weighted by molar-refractivity contribution is 5.67. The lowest BCUT2D eigenvalue weighted by Crippen LogP contribution is -2.44. The Bertz CT molecular complexity index is 198. The predicted molar refractivity (Wildman–Crippen MR) is 59.8 cm³/mol. The van der Waals surface area contributed by atoms with E-state index in [0.29, 0.717) is 4.48 Å². The van der Waals surface area contributed by atoms with E-state index in [2.05, 4.69) is 0 Å². The molecule has 0 aromatic carbocycles. The summed E-state index contributed by atoms with van der Waals surface area (Å²) in [7, 11) is 6.11. The van der Waals surface area contributed by atoms with Crippen molar-refractivity contribution in [2.45, 2.75) is 38.9 Å². The van der Waals surface area contributed by atoms with Gasteiger partial charge in [-0.05, 0) is 13.3 Å². The monoisotopic (exact) mass is 218 g/mol. The third kappa shape index (κ3) is 8.39. The molecule has 0 radical (unpaired) electrons. The van der Waals surface area contributed by atoms with Crippen LogP contribution >= 0.6 is 0 Å². The Morgan fingerprint density at radius 2 is 1.93 bits per heavy atom. The van der Waals surface area contributed by atoms with Gasteiger partial charge in [0.15, 0.2) is 0 Å². The van der Waals surface area contributed by atoms with E-state index >= 15 is 0 Å². The molecule has 0 amide bonds. The number of hydrogen-bond donors (Lipinski definition) is 1. The summed E-state index contributed by atoms with van der Waals surface area (Å²) in [5, 5.41) is 8.78. The molecule has 0 aromatic rings. The van der Waals surface area contributed by atoms with Crippen molar-refractivity contribution in [1.29, 1.82) is 0 Å². The number of nitrogens with zero attached hydrogens (tertiary/aromatic N) is 1. The van der Waals surface area contributed by atoms with Crippen molar-refractivity contribution >= 4 is 5.97 Å². The van der Waals surface area contributed by atoms with Crippen LogP contribution in [-0.4, -0.2) is 55.5 Å². The summed E-state index contributed by atoms with van der Waals surface area (Å²) in [4.78, 5) is 10.7. The van der Waals surface area contributed by atoms with Gasteiger partial charge in [-0.25, -0.2) is 0 Å². The molecular weight excluding hydrogens is 194 g/mol. The van der Waals surface area contributed by atoms with E-state index in [1.807, 2.05) is 35.0 Å². The van der Waals surface area contributed by atoms with E-state index in [0.717, 1.165) is 13.0 Å². The van der Waals surface area contributed by atoms with Crippen LogP contribution in [0, 0.1) is 0 Å². The van der Waals surface area contributed by atoms with E-state index in [4.69, 9.17) is 9.84 Å². The Labute approximate surface area is 92.4 Å². The highest BCUT2D eigenvalue weighted by atomic mass is 16.5. The first-order valence-electron chi connectivity index (χ1n) is 5.42. The lowest BCUT2D eigenvalue weighted by molar-refractivity contribution is -0.873. The second kappa shape index (κ2) is 6.08. The molecule has 0 saturated heterocycles. The van der Waals surface area contributed by atoms with Crippen LogP contribution in [-0.2, 0) is 9.53 Å². The Morgan fingerprint density at radius 3 is 2.27 bits per heavy atom. The fraction of sp³-hybridized carbons (Fsp3) is 0.909. The molecule has 0 aliphatic rings. The number of carbonyl (C=O) groups is 1. The van der Waals surface area contributed by atoms with Crippen molar-refractivity contribution in [1.82, 2.24) is 0 Å². The third-order valence-electron chi connectivity index (χ3n) is 2.15. The zero-order valence-electron chi connectivity index (χ0n) is 10.5. The zero-order chi connectivity index (χ0) is 12.1. The average Bonchev–Trinajstić information content (AvgIpc) is 1.99. The van der Waals surface area contributed by atoms with Gasteiger partial charge in [-0.3, -0.25) is 4.79 Å². The van der Waals surface area contributed by atoms with E-state index in [1.165, 1.54) is 0 Å². The quantitative estimate of drug-likeness (QED) is 0.656. The number of likely N-dealkylation sites (N-methyl/N-ethyl adjacent to an activating group) is 1. The fourth-order valence-corrected chi connectivity index (χ4v) is 1.39. The number of quaternary nitrogens is 1. The minimum absolute atomic E-state index is 0.0832. The van der Waals surface area contributed by atoms with Crippen molar-refractivity contribution in [3.63, 3.8) is 0 Å². The standard InChI is InChI=1S/C11H23NO3/c1-6-9(2)15-10(7-11(13)14)8-12(3,4)5/h9-10H,6-8H2,1-5H3/p+1. The summed E-state index contributed by atoms with van der Waals surface area (Å²) in [6.45, 7) is 4.73. The molecule has 0 bridgehead atoms. The molecule has 0 rings (SSSR count). The maximum absolute atomic E-state index is 10.7. The first-order valence-corrected chi connectivity index (χ1v) is 5.42. The largest absolute Gasteiger partial charge is 0.481 e. The second-order valence-corrected chi connectivity index (χ2v) is 5.05. The van der Waals surface area contributed by atoms with Crippen molar-refractivity contribution in [3.05, 3.63) is 0 Å². The van der Waals surface area contributed by atoms with Crippen molar-refractivity contribution in [2.75, 3.05) is 27.7 Å². The summed E-state index contributed by atoms with van der Waals surface area (Å²) >= 11 is 0. The summed E-state index contributed by atoms with van der Waals surface area (Å²) < 4.78 is 6.41. The predicted octanol–water partition coefficient (Wildman–Crippen LogP) is 1.35. The molecule has 0 saturated carbocycles. The first kappa shape index (κ1) is 14.4. The number of rotatable bonds is 7. The molecular formula is C11H24NO3+. The van der Waals surface area contributed by atoms with Crippen molar-refractivity contribution in [3.8, 4) is 0 Å². The molecule has 4 heteroatoms. The van der Waals surface area contributed by atoms with Crippen LogP contribution in [0.1, 0.15) is 26.7 Å². The van der Waals surface area contributed by atoms with Gasteiger partial charge in [-0.15, -0.1) is 0 Å². The van der Waals surface area contributed by atoms with Gasteiger partial charge in [-0.2, -0.15) is 0 Å². The molecule has 0 fully saturated rings. The van der Waals surface area contributed by atoms with Gasteiger partial charge in [-0.1, -0.05) is 6.92 Å². The van der Waals surface area contributed by atoms with Gasteiger partial charge in [0.25, 0.3) is 0 Å². The molecule has 90 valence electrons. The minimum Gasteiger partial charge on any atom is -0.481 e. The number of carboxylic acid groups (broad SMARTS) is 1. The van der Waals surface area contributed by atoms with Gasteiger partial charge < -0.3 is 14.3 Å². The van der Waals surface area contributed by atoms with E-state index < -0.39 is 5.97 Å². The van der Waals surface area contributed by atoms with Crippen molar-refractivity contribution in [2.24, 2.45) is 0 Å². The smallest absolute Gasteiger partial charge is 0.306 e. The summed E-state index contributed by atoms with van der Waals surface area (Å²) in [6.07, 6.45) is 0.922. The lowest BCUT2D eigenvalue weighted by Gasteiger charge is -2.30. The number of ether oxygens (including phenoxy) is 1. The molecule has 0 aliphatic heterocycles. The Morgan fingerprint density at radius 1 is 1.40 bits per heavy atom. The van der Waals surface area contributed by atoms with E-state index in [-0.39, 0.29) is 18.6 Å². The summed E-state index contributed by atoms with van der Waals surface area (Å²) in [6, 6.07) is 0. The van der Waals surface area contributed by atoms with Crippen LogP contribution in [0.25, 0.3) is 0 Å². The van der Waals surface area contributed by atoms with E-state index in [9.17, 15) is 4.79 Å². The topological polar surface area (TPSA) is 46.5 Å². The molecule has 1 N–H and O–H groups in total. The van der Waals surface area contributed by atoms with Gasteiger partial charge in [0.2, 0.25) is 0 Å². The SMILES string of the molecule is CCC(C)OC(CC(=O)O)C[N+](C)(C)C. The maximum atomic E-state index is 10.7. The molecule has 2 unspecified atom stereocenters. The Hall–Kier alpha value is -0.610. The van der Waals surface area contributed by atoms with Crippen LogP contribution < -0.4 is 0 Å². The maximum Gasteiger partial charge on any atom is 0.306 e. The van der Waals surface area contributed by atoms with Gasteiger partial charge in [0, 0.05) is 0 Å². The van der Waals surface area contributed by atoms with E-state index in [1.54, 1.807) is 0 Å². The minimum atomic E-state index is -0.795. The van der Waals surface area contributed by atoms with Gasteiger partial charge in [0.1, 0.15) is 12.6 Å². The van der Waals surface area contributed by atoms with Crippen LogP contribution in [0.5, 0.6) is 0 Å². The second-order valence-electron chi connectivity index (χ2n) is 5.05. The molecule has 4 nitrogen and oxygen atoms in total. The van der Waals surface area contributed by atoms with Crippen LogP contribution in [0.2, 0.25) is 0 Å². The first-order chi connectivity index (χ1) is 6.74. The highest BCUT2D eigenvalue weighted by Crippen LogP contribution is 2.09. The average molecular weight is 218 g/mol. The van der Waals surface area contributed by atoms with Crippen LogP contribution in [0.4, 0.5) is 0 Å². The Kier molecular flexibility index (Phi) is 5.83. The molecule has 0 aliphatic carbocycles. The molecule has 2 atom stereocenters.